The van der Waals surface area contributed by atoms with Crippen molar-refractivity contribution in [2.24, 2.45) is 17.1 Å². The summed E-state index contributed by atoms with van der Waals surface area (Å²) in [5.74, 6) is -0.955. The number of rotatable bonds is 2. The van der Waals surface area contributed by atoms with Crippen LogP contribution in [-0.2, 0) is 10.2 Å². The van der Waals surface area contributed by atoms with Gasteiger partial charge in [0.25, 0.3) is 0 Å². The van der Waals surface area contributed by atoms with Crippen molar-refractivity contribution in [2.75, 3.05) is 25.0 Å². The lowest BCUT2D eigenvalue weighted by atomic mass is 9.48. The number of carbonyl (C=O) groups excluding carboxylic acids is 1. The fourth-order valence-corrected chi connectivity index (χ4v) is 5.21. The number of para-hydroxylation sites is 1. The van der Waals surface area contributed by atoms with Crippen LogP contribution in [0.4, 0.5) is 5.69 Å². The van der Waals surface area contributed by atoms with Crippen LogP contribution in [0, 0.1) is 45.3 Å². The van der Waals surface area contributed by atoms with Gasteiger partial charge in [0.15, 0.2) is 0 Å². The minimum Gasteiger partial charge on any atom is -0.399 e. The maximum atomic E-state index is 13.6. The van der Waals surface area contributed by atoms with Crippen LogP contribution in [-0.4, -0.2) is 30.4 Å². The molecular weight excluding hydrogens is 364 g/mol. The summed E-state index contributed by atoms with van der Waals surface area (Å²) in [6.45, 7) is 3.97. The van der Waals surface area contributed by atoms with Crippen LogP contribution >= 0.6 is 0 Å². The monoisotopic (exact) mass is 384 g/mol. The Bertz CT molecular complexity index is 1080. The van der Waals surface area contributed by atoms with E-state index in [1.54, 1.807) is 24.3 Å². The zero-order valence-electron chi connectivity index (χ0n) is 16.1. The van der Waals surface area contributed by atoms with Crippen LogP contribution in [0.5, 0.6) is 0 Å². The number of nitrogens with one attached hydrogen (secondary N) is 1. The Morgan fingerprint density at radius 2 is 2.00 bits per heavy atom. The van der Waals surface area contributed by atoms with E-state index in [9.17, 15) is 20.6 Å². The van der Waals surface area contributed by atoms with Gasteiger partial charge >= 0.3 is 0 Å². The zero-order valence-corrected chi connectivity index (χ0v) is 16.1. The summed E-state index contributed by atoms with van der Waals surface area (Å²) in [5, 5.41) is 33.2. The first kappa shape index (κ1) is 18.7. The van der Waals surface area contributed by atoms with Crippen LogP contribution in [0.25, 0.3) is 0 Å². The topological polar surface area (TPSA) is 130 Å². The van der Waals surface area contributed by atoms with Gasteiger partial charge in [-0.05, 0) is 30.2 Å². The molecule has 0 bridgehead atoms. The molecular formula is C22H20N6O. The third kappa shape index (κ3) is 2.10. The summed E-state index contributed by atoms with van der Waals surface area (Å²) < 4.78 is 0. The van der Waals surface area contributed by atoms with Gasteiger partial charge in [0, 0.05) is 24.7 Å². The van der Waals surface area contributed by atoms with E-state index in [4.69, 9.17) is 5.73 Å². The number of hydrogen-bond acceptors (Lipinski definition) is 6. The lowest BCUT2D eigenvalue weighted by Gasteiger charge is -2.51. The number of nitrogens with zero attached hydrogens (tertiary/aromatic N) is 4. The molecule has 29 heavy (non-hydrogen) atoms. The molecule has 4 rings (SSSR count). The van der Waals surface area contributed by atoms with Crippen molar-refractivity contribution in [3.8, 4) is 18.2 Å². The molecule has 1 spiro atoms. The first-order valence-electron chi connectivity index (χ1n) is 9.58. The lowest BCUT2D eigenvalue weighted by molar-refractivity contribution is -0.125. The minimum atomic E-state index is -1.98. The SMILES string of the molecule is CCCN1CC=C2C(C#N)=C(N)C(C#N)(C#N)[C@]3(C(=O)Nc4ccccc43)[C@@H]2C1. The standard InChI is InChI=1S/C22H20N6O/c1-2-8-28-9-7-14-15(10-23)19(26)21(12-24,13-25)22(17(14)11-28)16-5-3-4-6-18(16)27-20(22)29/h3-7,17H,2,8-9,11,26H2,1H3,(H,27,29)/t17-,22+/m1/s1. The normalized spacial score (nSPS) is 27.2. The van der Waals surface area contributed by atoms with Crippen LogP contribution in [0.3, 0.4) is 0 Å². The molecule has 0 saturated heterocycles. The largest absolute Gasteiger partial charge is 0.399 e. The maximum absolute atomic E-state index is 13.6. The summed E-state index contributed by atoms with van der Waals surface area (Å²) in [5.41, 5.74) is 4.68. The molecule has 3 aliphatic rings. The van der Waals surface area contributed by atoms with Crippen LogP contribution < -0.4 is 11.1 Å². The molecule has 2 heterocycles. The highest BCUT2D eigenvalue weighted by molar-refractivity contribution is 6.09. The van der Waals surface area contributed by atoms with E-state index in [2.05, 4.69) is 35.3 Å². The number of anilines is 1. The molecule has 0 unspecified atom stereocenters. The van der Waals surface area contributed by atoms with Gasteiger partial charge in [0.05, 0.1) is 23.4 Å². The predicted molar refractivity (Wildman–Crippen MR) is 106 cm³/mol. The molecule has 1 aliphatic carbocycles. The zero-order chi connectivity index (χ0) is 20.8. The molecule has 0 radical (unpaired) electrons. The highest BCUT2D eigenvalue weighted by Crippen LogP contribution is 2.62. The van der Waals surface area contributed by atoms with Crippen molar-refractivity contribution < 1.29 is 4.79 Å². The molecule has 1 aromatic rings. The smallest absolute Gasteiger partial charge is 0.238 e. The van der Waals surface area contributed by atoms with E-state index in [1.807, 2.05) is 6.08 Å². The average Bonchev–Trinajstić information content (AvgIpc) is 3.03. The van der Waals surface area contributed by atoms with Crippen molar-refractivity contribution in [3.05, 3.63) is 52.7 Å². The van der Waals surface area contributed by atoms with E-state index in [1.165, 1.54) is 0 Å². The molecule has 144 valence electrons. The highest BCUT2D eigenvalue weighted by Gasteiger charge is 2.71. The molecule has 0 aromatic heterocycles. The van der Waals surface area contributed by atoms with Gasteiger partial charge in [-0.25, -0.2) is 0 Å². The lowest BCUT2D eigenvalue weighted by Crippen LogP contribution is -2.62. The molecule has 7 heteroatoms. The second-order valence-electron chi connectivity index (χ2n) is 7.65. The van der Waals surface area contributed by atoms with Gasteiger partial charge in [-0.2, -0.15) is 15.8 Å². The summed E-state index contributed by atoms with van der Waals surface area (Å²) in [6, 6.07) is 13.3. The molecule has 0 saturated carbocycles. The molecule has 1 aromatic carbocycles. The number of carbonyl (C=O) groups is 1. The van der Waals surface area contributed by atoms with Crippen molar-refractivity contribution >= 4 is 11.6 Å². The number of nitrogens with two attached hydrogens (primary N) is 1. The summed E-state index contributed by atoms with van der Waals surface area (Å²) in [7, 11) is 0. The number of amides is 1. The van der Waals surface area contributed by atoms with E-state index in [0.717, 1.165) is 13.0 Å². The summed E-state index contributed by atoms with van der Waals surface area (Å²) >= 11 is 0. The van der Waals surface area contributed by atoms with E-state index >= 15 is 0 Å². The van der Waals surface area contributed by atoms with E-state index in [-0.39, 0.29) is 11.3 Å². The number of hydrogen-bond donors (Lipinski definition) is 2. The Kier molecular flexibility index (Phi) is 4.19. The highest BCUT2D eigenvalue weighted by atomic mass is 16.2. The van der Waals surface area contributed by atoms with Gasteiger partial charge < -0.3 is 11.1 Å². The fourth-order valence-electron chi connectivity index (χ4n) is 5.21. The molecule has 7 nitrogen and oxygen atoms in total. The van der Waals surface area contributed by atoms with Crippen LogP contribution in [0.1, 0.15) is 18.9 Å². The average molecular weight is 384 g/mol. The molecule has 0 fully saturated rings. The van der Waals surface area contributed by atoms with Crippen LogP contribution in [0.2, 0.25) is 0 Å². The van der Waals surface area contributed by atoms with Gasteiger partial charge in [0.2, 0.25) is 11.3 Å². The van der Waals surface area contributed by atoms with Crippen molar-refractivity contribution in [3.63, 3.8) is 0 Å². The van der Waals surface area contributed by atoms with Crippen molar-refractivity contribution in [2.45, 2.75) is 18.8 Å². The second kappa shape index (κ2) is 6.48. The molecule has 3 N–H and O–H groups in total. The first-order chi connectivity index (χ1) is 14.0. The second-order valence-corrected chi connectivity index (χ2v) is 7.65. The maximum Gasteiger partial charge on any atom is 0.238 e. The first-order valence-corrected chi connectivity index (χ1v) is 9.58. The Morgan fingerprint density at radius 1 is 1.28 bits per heavy atom. The van der Waals surface area contributed by atoms with Gasteiger partial charge in [-0.1, -0.05) is 31.2 Å². The predicted octanol–water partition coefficient (Wildman–Crippen LogP) is 1.93. The molecule has 2 aliphatic heterocycles. The molecule has 2 atom stereocenters. The number of benzene rings is 1. The quantitative estimate of drug-likeness (QED) is 0.801. The van der Waals surface area contributed by atoms with E-state index in [0.29, 0.717) is 29.9 Å². The Morgan fingerprint density at radius 3 is 2.66 bits per heavy atom. The van der Waals surface area contributed by atoms with Crippen LogP contribution in [0.15, 0.2) is 47.2 Å². The fraction of sp³-hybridized carbons (Fsp3) is 0.364. The number of nitriles is 3. The summed E-state index contributed by atoms with van der Waals surface area (Å²) in [4.78, 5) is 15.8. The minimum absolute atomic E-state index is 0.136. The van der Waals surface area contributed by atoms with E-state index < -0.39 is 22.7 Å². The Labute approximate surface area is 169 Å². The number of fused-ring (bicyclic) bond motifs is 4. The van der Waals surface area contributed by atoms with Crippen molar-refractivity contribution in [1.29, 1.82) is 15.8 Å². The van der Waals surface area contributed by atoms with Gasteiger partial charge in [0.1, 0.15) is 11.5 Å². The van der Waals surface area contributed by atoms with Crippen molar-refractivity contribution in [1.82, 2.24) is 4.90 Å². The Hall–Kier alpha value is -3.60. The number of allylic oxidation sites excluding steroid dienone is 2. The Balaban J connectivity index is 2.12. The molecule has 1 amide bonds. The third-order valence-corrected chi connectivity index (χ3v) is 6.41. The third-order valence-electron chi connectivity index (χ3n) is 6.41. The summed E-state index contributed by atoms with van der Waals surface area (Å²) in [6.07, 6.45) is 2.85. The van der Waals surface area contributed by atoms with Gasteiger partial charge in [-0.3, -0.25) is 9.69 Å². The van der Waals surface area contributed by atoms with Gasteiger partial charge in [-0.15, -0.1) is 0 Å².